The molecule has 1 atom stereocenters. The van der Waals surface area contributed by atoms with Gasteiger partial charge in [-0.1, -0.05) is 56.3 Å². The highest BCUT2D eigenvalue weighted by Crippen LogP contribution is 2.32. The van der Waals surface area contributed by atoms with Crippen molar-refractivity contribution >= 4 is 0 Å². The Morgan fingerprint density at radius 1 is 0.842 bits per heavy atom. The van der Waals surface area contributed by atoms with Crippen LogP contribution in [-0.4, -0.2) is 6.61 Å². The molecule has 0 fully saturated rings. The maximum absolute atomic E-state index is 5.51. The van der Waals surface area contributed by atoms with Gasteiger partial charge >= 0.3 is 0 Å². The molecule has 0 N–H and O–H groups in total. The second-order valence-corrected chi connectivity index (χ2v) is 5.13. The molecule has 2 aromatic carbocycles. The molecular formula is C18H22O. The van der Waals surface area contributed by atoms with Crippen molar-refractivity contribution in [3.05, 3.63) is 65.7 Å². The third kappa shape index (κ3) is 3.37. The smallest absolute Gasteiger partial charge is 0.119 e. The van der Waals surface area contributed by atoms with Gasteiger partial charge in [0.25, 0.3) is 0 Å². The number of hydrogen-bond acceptors (Lipinski definition) is 1. The molecule has 100 valence electrons. The summed E-state index contributed by atoms with van der Waals surface area (Å²) < 4.78 is 5.51. The van der Waals surface area contributed by atoms with Crippen LogP contribution in [0.25, 0.3) is 0 Å². The minimum absolute atomic E-state index is 0.442. The second-order valence-electron chi connectivity index (χ2n) is 5.13. The maximum Gasteiger partial charge on any atom is 0.119 e. The quantitative estimate of drug-likeness (QED) is 0.739. The van der Waals surface area contributed by atoms with E-state index in [9.17, 15) is 0 Å². The summed E-state index contributed by atoms with van der Waals surface area (Å²) in [4.78, 5) is 0. The topological polar surface area (TPSA) is 9.23 Å². The van der Waals surface area contributed by atoms with Gasteiger partial charge < -0.3 is 4.74 Å². The van der Waals surface area contributed by atoms with Gasteiger partial charge in [-0.05, 0) is 36.1 Å². The van der Waals surface area contributed by atoms with E-state index in [-0.39, 0.29) is 0 Å². The summed E-state index contributed by atoms with van der Waals surface area (Å²) in [6, 6.07) is 19.2. The van der Waals surface area contributed by atoms with Crippen LogP contribution in [0.3, 0.4) is 0 Å². The van der Waals surface area contributed by atoms with Crippen LogP contribution in [0.2, 0.25) is 0 Å². The minimum Gasteiger partial charge on any atom is -0.494 e. The van der Waals surface area contributed by atoms with E-state index < -0.39 is 0 Å². The van der Waals surface area contributed by atoms with Crippen LogP contribution in [0, 0.1) is 5.92 Å². The third-order valence-electron chi connectivity index (χ3n) is 3.38. The summed E-state index contributed by atoms with van der Waals surface area (Å²) in [5.41, 5.74) is 2.73. The van der Waals surface area contributed by atoms with Gasteiger partial charge in [-0.25, -0.2) is 0 Å². The Morgan fingerprint density at radius 2 is 1.42 bits per heavy atom. The van der Waals surface area contributed by atoms with Crippen molar-refractivity contribution in [3.8, 4) is 5.75 Å². The Bertz CT molecular complexity index is 485. The van der Waals surface area contributed by atoms with Crippen molar-refractivity contribution in [1.29, 1.82) is 0 Å². The van der Waals surface area contributed by atoms with Crippen molar-refractivity contribution in [2.24, 2.45) is 5.92 Å². The molecule has 1 nitrogen and oxygen atoms in total. The Balaban J connectivity index is 2.29. The van der Waals surface area contributed by atoms with E-state index in [4.69, 9.17) is 4.74 Å². The van der Waals surface area contributed by atoms with Gasteiger partial charge in [0.05, 0.1) is 6.61 Å². The molecule has 2 aromatic rings. The lowest BCUT2D eigenvalue weighted by atomic mass is 9.83. The van der Waals surface area contributed by atoms with Crippen molar-refractivity contribution in [2.45, 2.75) is 26.7 Å². The number of hydrogen-bond donors (Lipinski definition) is 0. The standard InChI is InChI=1S/C18H22O/c1-4-19-17-12-10-16(11-13-17)18(14(2)3)15-8-6-5-7-9-15/h5-14,18H,4H2,1-3H3. The first kappa shape index (κ1) is 13.7. The van der Waals surface area contributed by atoms with Crippen LogP contribution in [0.1, 0.15) is 37.8 Å². The summed E-state index contributed by atoms with van der Waals surface area (Å²) in [5, 5.41) is 0. The van der Waals surface area contributed by atoms with E-state index in [1.165, 1.54) is 11.1 Å². The second kappa shape index (κ2) is 6.42. The lowest BCUT2D eigenvalue weighted by Crippen LogP contribution is -2.08. The molecular weight excluding hydrogens is 232 g/mol. The van der Waals surface area contributed by atoms with Gasteiger partial charge in [0.15, 0.2) is 0 Å². The Hall–Kier alpha value is -1.76. The van der Waals surface area contributed by atoms with Crippen molar-refractivity contribution in [3.63, 3.8) is 0 Å². The number of rotatable bonds is 5. The Labute approximate surface area is 116 Å². The molecule has 0 spiro atoms. The van der Waals surface area contributed by atoms with Crippen molar-refractivity contribution in [2.75, 3.05) is 6.61 Å². The van der Waals surface area contributed by atoms with Gasteiger partial charge in [0, 0.05) is 5.92 Å². The van der Waals surface area contributed by atoms with E-state index in [1.54, 1.807) is 0 Å². The first-order chi connectivity index (χ1) is 9.22. The van der Waals surface area contributed by atoms with Crippen LogP contribution in [0.5, 0.6) is 5.75 Å². The average Bonchev–Trinajstić information content (AvgIpc) is 2.42. The fraction of sp³-hybridized carbons (Fsp3) is 0.333. The lowest BCUT2D eigenvalue weighted by Gasteiger charge is -2.22. The number of benzene rings is 2. The minimum atomic E-state index is 0.442. The van der Waals surface area contributed by atoms with E-state index in [0.29, 0.717) is 18.4 Å². The van der Waals surface area contributed by atoms with Crippen LogP contribution >= 0.6 is 0 Å². The molecule has 0 amide bonds. The fourth-order valence-electron chi connectivity index (χ4n) is 2.56. The first-order valence-corrected chi connectivity index (χ1v) is 7.00. The van der Waals surface area contributed by atoms with Crippen molar-refractivity contribution < 1.29 is 4.74 Å². The number of ether oxygens (including phenoxy) is 1. The molecule has 0 radical (unpaired) electrons. The molecule has 0 aromatic heterocycles. The summed E-state index contributed by atoms with van der Waals surface area (Å²) in [6.45, 7) is 7.27. The predicted molar refractivity (Wildman–Crippen MR) is 80.7 cm³/mol. The molecule has 0 saturated heterocycles. The molecule has 19 heavy (non-hydrogen) atoms. The SMILES string of the molecule is CCOc1ccc(C(c2ccccc2)C(C)C)cc1. The summed E-state index contributed by atoms with van der Waals surface area (Å²) in [7, 11) is 0. The highest BCUT2D eigenvalue weighted by Gasteiger charge is 2.17. The van der Waals surface area contributed by atoms with E-state index >= 15 is 0 Å². The normalized spacial score (nSPS) is 12.4. The largest absolute Gasteiger partial charge is 0.494 e. The zero-order chi connectivity index (χ0) is 13.7. The molecule has 0 aliphatic heterocycles. The van der Waals surface area contributed by atoms with Crippen LogP contribution in [0.15, 0.2) is 54.6 Å². The lowest BCUT2D eigenvalue weighted by molar-refractivity contribution is 0.340. The van der Waals surface area contributed by atoms with Gasteiger partial charge in [0.1, 0.15) is 5.75 Å². The van der Waals surface area contributed by atoms with Crippen LogP contribution < -0.4 is 4.74 Å². The predicted octanol–water partition coefficient (Wildman–Crippen LogP) is 4.87. The first-order valence-electron chi connectivity index (χ1n) is 7.00. The molecule has 0 aliphatic rings. The van der Waals surface area contributed by atoms with E-state index in [0.717, 1.165) is 5.75 Å². The Kier molecular flexibility index (Phi) is 4.62. The molecule has 0 heterocycles. The van der Waals surface area contributed by atoms with Gasteiger partial charge in [0.2, 0.25) is 0 Å². The van der Waals surface area contributed by atoms with Gasteiger partial charge in [-0.3, -0.25) is 0 Å². The highest BCUT2D eigenvalue weighted by atomic mass is 16.5. The maximum atomic E-state index is 5.51. The zero-order valence-corrected chi connectivity index (χ0v) is 12.0. The van der Waals surface area contributed by atoms with Gasteiger partial charge in [-0.2, -0.15) is 0 Å². The molecule has 0 aliphatic carbocycles. The summed E-state index contributed by atoms with van der Waals surface area (Å²) >= 11 is 0. The van der Waals surface area contributed by atoms with Gasteiger partial charge in [-0.15, -0.1) is 0 Å². The molecule has 2 rings (SSSR count). The third-order valence-corrected chi connectivity index (χ3v) is 3.38. The molecule has 0 bridgehead atoms. The van der Waals surface area contributed by atoms with Crippen molar-refractivity contribution in [1.82, 2.24) is 0 Å². The van der Waals surface area contributed by atoms with Crippen LogP contribution in [-0.2, 0) is 0 Å². The average molecular weight is 254 g/mol. The molecule has 1 heteroatoms. The highest BCUT2D eigenvalue weighted by molar-refractivity contribution is 5.36. The van der Waals surface area contributed by atoms with E-state index in [1.807, 2.05) is 6.92 Å². The zero-order valence-electron chi connectivity index (χ0n) is 12.0. The Morgan fingerprint density at radius 3 is 1.95 bits per heavy atom. The van der Waals surface area contributed by atoms with E-state index in [2.05, 4.69) is 68.4 Å². The fourth-order valence-corrected chi connectivity index (χ4v) is 2.56. The summed E-state index contributed by atoms with van der Waals surface area (Å²) in [6.07, 6.45) is 0. The summed E-state index contributed by atoms with van der Waals surface area (Å²) in [5.74, 6) is 1.96. The van der Waals surface area contributed by atoms with Crippen LogP contribution in [0.4, 0.5) is 0 Å². The molecule has 0 saturated carbocycles. The monoisotopic (exact) mass is 254 g/mol. The molecule has 1 unspecified atom stereocenters.